The molecule has 5 heteroatoms. The zero-order chi connectivity index (χ0) is 13.9. The van der Waals surface area contributed by atoms with Crippen LogP contribution in [0.3, 0.4) is 0 Å². The molecule has 98 valence electrons. The Morgan fingerprint density at radius 1 is 0.850 bits per heavy atom. The van der Waals surface area contributed by atoms with Gasteiger partial charge in [0.25, 0.3) is 11.8 Å². The van der Waals surface area contributed by atoms with E-state index in [0.29, 0.717) is 9.81 Å². The zero-order valence-corrected chi connectivity index (χ0v) is 12.2. The van der Waals surface area contributed by atoms with Crippen molar-refractivity contribution < 1.29 is 9.59 Å². The van der Waals surface area contributed by atoms with Crippen molar-refractivity contribution in [1.82, 2.24) is 4.90 Å². The highest BCUT2D eigenvalue weighted by atomic mass is 32.2. The van der Waals surface area contributed by atoms with E-state index in [2.05, 4.69) is 12.1 Å². The molecule has 0 fully saturated rings. The van der Waals surface area contributed by atoms with Crippen LogP contribution in [-0.2, 0) is 9.59 Å². The summed E-state index contributed by atoms with van der Waals surface area (Å²) in [5.41, 5.74) is 0. The van der Waals surface area contributed by atoms with E-state index in [9.17, 15) is 9.59 Å². The average Bonchev–Trinajstić information content (AvgIpc) is 2.63. The number of nitrogens with zero attached hydrogens (tertiary/aromatic N) is 1. The topological polar surface area (TPSA) is 37.4 Å². The molecular formula is C15H9NO2S2. The molecule has 2 aliphatic heterocycles. The van der Waals surface area contributed by atoms with Gasteiger partial charge in [-0.05, 0) is 17.5 Å². The minimum Gasteiger partial charge on any atom is -0.277 e. The number of carbonyl (C=O) groups excluding carboxylic acids is 2. The molecule has 4 rings (SSSR count). The van der Waals surface area contributed by atoms with Crippen LogP contribution in [0.1, 0.15) is 0 Å². The fourth-order valence-electron chi connectivity index (χ4n) is 2.43. The maximum Gasteiger partial charge on any atom is 0.268 e. The van der Waals surface area contributed by atoms with Crippen molar-refractivity contribution in [3.05, 3.63) is 46.2 Å². The lowest BCUT2D eigenvalue weighted by Crippen LogP contribution is -2.26. The standard InChI is InChI=1S/C15H9NO2S2/c1-16-14(17)12-13(15(16)18)20-10-7-3-5-8-4-2-6-9(19-12)11(8)10/h2-7H,1H3. The minimum atomic E-state index is -0.202. The molecule has 0 saturated heterocycles. The van der Waals surface area contributed by atoms with Crippen molar-refractivity contribution in [1.29, 1.82) is 0 Å². The molecule has 3 nitrogen and oxygen atoms in total. The number of rotatable bonds is 0. The summed E-state index contributed by atoms with van der Waals surface area (Å²) in [5.74, 6) is -0.403. The van der Waals surface area contributed by atoms with Gasteiger partial charge in [-0.3, -0.25) is 14.5 Å². The number of hydrogen-bond acceptors (Lipinski definition) is 4. The van der Waals surface area contributed by atoms with Crippen LogP contribution in [0.4, 0.5) is 0 Å². The minimum absolute atomic E-state index is 0.202. The third kappa shape index (κ3) is 1.50. The smallest absolute Gasteiger partial charge is 0.268 e. The lowest BCUT2D eigenvalue weighted by atomic mass is 10.1. The highest BCUT2D eigenvalue weighted by molar-refractivity contribution is 8.09. The molecule has 2 aromatic rings. The molecule has 0 N–H and O–H groups in total. The Balaban J connectivity index is 2.00. The van der Waals surface area contributed by atoms with Crippen molar-refractivity contribution in [2.45, 2.75) is 9.79 Å². The molecule has 2 heterocycles. The second-order valence-corrected chi connectivity index (χ2v) is 6.75. The molecule has 0 aromatic heterocycles. The summed E-state index contributed by atoms with van der Waals surface area (Å²) in [4.78, 5) is 28.7. The molecule has 0 bridgehead atoms. The number of carbonyl (C=O) groups is 2. The SMILES string of the molecule is CN1C(=O)C2=C(Sc3cccc4cccc(c34)S2)C1=O. The molecule has 0 radical (unpaired) electrons. The van der Waals surface area contributed by atoms with Crippen LogP contribution in [0.15, 0.2) is 56.0 Å². The Morgan fingerprint density at radius 2 is 1.35 bits per heavy atom. The van der Waals surface area contributed by atoms with Crippen LogP contribution in [0, 0.1) is 0 Å². The average molecular weight is 299 g/mol. The van der Waals surface area contributed by atoms with Gasteiger partial charge >= 0.3 is 0 Å². The zero-order valence-electron chi connectivity index (χ0n) is 10.5. The number of amides is 2. The van der Waals surface area contributed by atoms with E-state index >= 15 is 0 Å². The predicted octanol–water partition coefficient (Wildman–Crippen LogP) is 3.25. The number of likely N-dealkylation sites (N-methyl/N-ethyl adjacent to an activating group) is 1. The van der Waals surface area contributed by atoms with E-state index in [4.69, 9.17) is 0 Å². The number of hydrogen-bond donors (Lipinski definition) is 0. The van der Waals surface area contributed by atoms with Crippen molar-refractivity contribution >= 4 is 46.1 Å². The summed E-state index contributed by atoms with van der Waals surface area (Å²) < 4.78 is 0. The highest BCUT2D eigenvalue weighted by Gasteiger charge is 2.38. The molecule has 0 spiro atoms. The molecule has 2 aromatic carbocycles. The van der Waals surface area contributed by atoms with Crippen molar-refractivity contribution in [3.8, 4) is 0 Å². The first kappa shape index (κ1) is 12.1. The molecule has 0 unspecified atom stereocenters. The lowest BCUT2D eigenvalue weighted by Gasteiger charge is -2.11. The Bertz CT molecular complexity index is 763. The van der Waals surface area contributed by atoms with Crippen molar-refractivity contribution in [2.24, 2.45) is 0 Å². The third-order valence-electron chi connectivity index (χ3n) is 3.46. The van der Waals surface area contributed by atoms with Crippen LogP contribution in [0.25, 0.3) is 10.8 Å². The van der Waals surface area contributed by atoms with Crippen molar-refractivity contribution in [2.75, 3.05) is 7.05 Å². The maximum atomic E-state index is 12.2. The Morgan fingerprint density at radius 3 is 1.85 bits per heavy atom. The monoisotopic (exact) mass is 299 g/mol. The molecule has 0 saturated carbocycles. The van der Waals surface area contributed by atoms with Crippen LogP contribution in [0.2, 0.25) is 0 Å². The first-order chi connectivity index (χ1) is 9.66. The maximum absolute atomic E-state index is 12.2. The summed E-state index contributed by atoms with van der Waals surface area (Å²) in [6.07, 6.45) is 0. The first-order valence-corrected chi connectivity index (χ1v) is 7.74. The summed E-state index contributed by atoms with van der Waals surface area (Å²) in [5, 5.41) is 2.26. The number of imide groups is 1. The second-order valence-electron chi connectivity index (χ2n) is 4.64. The number of thioether (sulfide) groups is 2. The van der Waals surface area contributed by atoms with Crippen LogP contribution < -0.4 is 0 Å². The van der Waals surface area contributed by atoms with Gasteiger partial charge in [-0.1, -0.05) is 47.8 Å². The van der Waals surface area contributed by atoms with Gasteiger partial charge in [0, 0.05) is 22.2 Å². The predicted molar refractivity (Wildman–Crippen MR) is 80.5 cm³/mol. The number of benzene rings is 2. The van der Waals surface area contributed by atoms with Gasteiger partial charge in [0.2, 0.25) is 0 Å². The fraction of sp³-hybridized carbons (Fsp3) is 0.0667. The molecular weight excluding hydrogens is 290 g/mol. The van der Waals surface area contributed by atoms with Gasteiger partial charge in [0.15, 0.2) is 0 Å². The van der Waals surface area contributed by atoms with E-state index in [1.807, 2.05) is 24.3 Å². The van der Waals surface area contributed by atoms with E-state index < -0.39 is 0 Å². The lowest BCUT2D eigenvalue weighted by molar-refractivity contribution is -0.135. The van der Waals surface area contributed by atoms with Gasteiger partial charge in [0.05, 0.1) is 9.81 Å². The Hall–Kier alpha value is -1.72. The van der Waals surface area contributed by atoms with Crippen LogP contribution in [-0.4, -0.2) is 23.8 Å². The third-order valence-corrected chi connectivity index (χ3v) is 5.87. The fourth-order valence-corrected chi connectivity index (χ4v) is 4.95. The van der Waals surface area contributed by atoms with E-state index in [-0.39, 0.29) is 11.8 Å². The van der Waals surface area contributed by atoms with Gasteiger partial charge in [-0.15, -0.1) is 0 Å². The Kier molecular flexibility index (Phi) is 2.49. The van der Waals surface area contributed by atoms with E-state index in [1.165, 1.54) is 35.5 Å². The second kappa shape index (κ2) is 4.14. The summed E-state index contributed by atoms with van der Waals surface area (Å²) in [7, 11) is 1.53. The van der Waals surface area contributed by atoms with Gasteiger partial charge in [-0.25, -0.2) is 0 Å². The molecule has 2 aliphatic rings. The van der Waals surface area contributed by atoms with E-state index in [1.54, 1.807) is 0 Å². The van der Waals surface area contributed by atoms with Gasteiger partial charge in [-0.2, -0.15) is 0 Å². The van der Waals surface area contributed by atoms with Crippen molar-refractivity contribution in [3.63, 3.8) is 0 Å². The normalized spacial score (nSPS) is 17.8. The van der Waals surface area contributed by atoms with Gasteiger partial charge < -0.3 is 0 Å². The van der Waals surface area contributed by atoms with Crippen LogP contribution >= 0.6 is 23.5 Å². The molecule has 0 aliphatic carbocycles. The van der Waals surface area contributed by atoms with E-state index in [0.717, 1.165) is 20.6 Å². The quantitative estimate of drug-likeness (QED) is 0.700. The Labute approximate surface area is 124 Å². The molecule has 0 atom stereocenters. The highest BCUT2D eigenvalue weighted by Crippen LogP contribution is 2.49. The largest absolute Gasteiger partial charge is 0.277 e. The molecule has 2 amide bonds. The molecule has 20 heavy (non-hydrogen) atoms. The summed E-state index contributed by atoms with van der Waals surface area (Å²) >= 11 is 2.81. The summed E-state index contributed by atoms with van der Waals surface area (Å²) in [6.45, 7) is 0. The van der Waals surface area contributed by atoms with Crippen LogP contribution in [0.5, 0.6) is 0 Å². The van der Waals surface area contributed by atoms with Gasteiger partial charge in [0.1, 0.15) is 0 Å². The first-order valence-electron chi connectivity index (χ1n) is 6.11. The summed E-state index contributed by atoms with van der Waals surface area (Å²) in [6, 6.07) is 12.1.